The number of hydrogen-bond donors (Lipinski definition) is 0. The molecule has 0 saturated carbocycles. The first-order chi connectivity index (χ1) is 13.1. The Balaban J connectivity index is 1.63. The number of methoxy groups -OCH3 is 2. The smallest absolute Gasteiger partial charge is 0.276 e. The molecule has 2 aromatic carbocycles. The summed E-state index contributed by atoms with van der Waals surface area (Å²) in [5, 5.41) is 19.4. The number of aromatic nitrogens is 2. The van der Waals surface area contributed by atoms with Crippen molar-refractivity contribution in [3.05, 3.63) is 65.0 Å². The molecule has 0 atom stereocenters. The van der Waals surface area contributed by atoms with Crippen molar-refractivity contribution in [2.24, 2.45) is 0 Å². The van der Waals surface area contributed by atoms with Crippen molar-refractivity contribution in [1.82, 2.24) is 10.2 Å². The van der Waals surface area contributed by atoms with E-state index >= 15 is 0 Å². The Morgan fingerprint density at radius 2 is 1.89 bits per heavy atom. The van der Waals surface area contributed by atoms with E-state index in [2.05, 4.69) is 10.2 Å². The van der Waals surface area contributed by atoms with Crippen LogP contribution in [0.1, 0.15) is 27.4 Å². The summed E-state index contributed by atoms with van der Waals surface area (Å²) in [5.41, 5.74) is 1.93. The quantitative estimate of drug-likeness (QED) is 0.545. The van der Waals surface area contributed by atoms with Crippen LogP contribution in [-0.2, 0) is 12.2 Å². The molecule has 1 aromatic heterocycles. The normalized spacial score (nSPS) is 10.6. The number of nitrogens with zero attached hydrogens (tertiary/aromatic N) is 2. The Bertz CT molecular complexity index is 941. The summed E-state index contributed by atoms with van der Waals surface area (Å²) in [6.45, 7) is 0. The molecule has 27 heavy (non-hydrogen) atoms. The zero-order valence-corrected chi connectivity index (χ0v) is 15.6. The first-order valence-corrected chi connectivity index (χ1v) is 9.04. The van der Waals surface area contributed by atoms with Crippen LogP contribution in [0.3, 0.4) is 0 Å². The van der Waals surface area contributed by atoms with E-state index in [1.54, 1.807) is 26.4 Å². The van der Waals surface area contributed by atoms with Crippen molar-refractivity contribution in [3.8, 4) is 11.5 Å². The average molecular weight is 385 g/mol. The highest BCUT2D eigenvalue weighted by Crippen LogP contribution is 2.29. The lowest BCUT2D eigenvalue weighted by Crippen LogP contribution is -2.22. The summed E-state index contributed by atoms with van der Waals surface area (Å²) >= 11 is 1.34. The van der Waals surface area contributed by atoms with Crippen molar-refractivity contribution in [2.75, 3.05) is 14.2 Å². The Morgan fingerprint density at radius 1 is 1.07 bits per heavy atom. The Labute approximate surface area is 160 Å². The molecule has 0 radical (unpaired) electrons. The largest absolute Gasteiger partial charge is 0.545 e. The van der Waals surface area contributed by atoms with E-state index in [1.807, 2.05) is 24.3 Å². The number of ether oxygens (including phenoxy) is 2. The van der Waals surface area contributed by atoms with Gasteiger partial charge in [0.25, 0.3) is 5.22 Å². The summed E-state index contributed by atoms with van der Waals surface area (Å²) in [6, 6.07) is 12.2. The summed E-state index contributed by atoms with van der Waals surface area (Å²) in [4.78, 5) is 10.9. The van der Waals surface area contributed by atoms with Gasteiger partial charge in [-0.05, 0) is 34.9 Å². The number of carbonyl (C=O) groups is 1. The van der Waals surface area contributed by atoms with Crippen LogP contribution in [0.5, 0.6) is 11.5 Å². The minimum absolute atomic E-state index is 0.146. The molecule has 0 fully saturated rings. The van der Waals surface area contributed by atoms with E-state index in [9.17, 15) is 9.90 Å². The highest BCUT2D eigenvalue weighted by molar-refractivity contribution is 7.98. The molecule has 140 valence electrons. The lowest BCUT2D eigenvalue weighted by atomic mass is 10.1. The monoisotopic (exact) mass is 385 g/mol. The topological polar surface area (TPSA) is 97.5 Å². The highest BCUT2D eigenvalue weighted by Gasteiger charge is 2.11. The first-order valence-electron chi connectivity index (χ1n) is 8.05. The summed E-state index contributed by atoms with van der Waals surface area (Å²) < 4.78 is 16.2. The molecule has 8 heteroatoms. The molecule has 0 spiro atoms. The van der Waals surface area contributed by atoms with Gasteiger partial charge < -0.3 is 23.8 Å². The molecular weight excluding hydrogens is 368 g/mol. The van der Waals surface area contributed by atoms with Crippen molar-refractivity contribution in [1.29, 1.82) is 0 Å². The van der Waals surface area contributed by atoms with Gasteiger partial charge in [-0.25, -0.2) is 0 Å². The molecule has 0 aliphatic heterocycles. The zero-order chi connectivity index (χ0) is 19.2. The van der Waals surface area contributed by atoms with Gasteiger partial charge in [-0.3, -0.25) is 0 Å². The number of thioether (sulfide) groups is 1. The van der Waals surface area contributed by atoms with Crippen LogP contribution in [0.2, 0.25) is 0 Å². The van der Waals surface area contributed by atoms with Crippen LogP contribution in [0.25, 0.3) is 0 Å². The van der Waals surface area contributed by atoms with Crippen molar-refractivity contribution in [2.45, 2.75) is 17.4 Å². The van der Waals surface area contributed by atoms with Gasteiger partial charge in [0.15, 0.2) is 11.5 Å². The van der Waals surface area contributed by atoms with Crippen LogP contribution in [0, 0.1) is 0 Å². The standard InChI is InChI=1S/C19H18N2O5S/c1-24-15-7-6-12(9-16(15)25-2)10-17-20-21-19(26-17)27-11-13-4-3-5-14(8-13)18(22)23/h3-9H,10-11H2,1-2H3,(H,22,23)/p-1. The fourth-order valence-electron chi connectivity index (χ4n) is 2.47. The lowest BCUT2D eigenvalue weighted by molar-refractivity contribution is -0.255. The second-order valence-corrected chi connectivity index (χ2v) is 6.53. The van der Waals surface area contributed by atoms with Crippen molar-refractivity contribution in [3.63, 3.8) is 0 Å². The molecule has 3 aromatic rings. The second kappa shape index (κ2) is 8.59. The molecule has 0 unspecified atom stereocenters. The van der Waals surface area contributed by atoms with E-state index < -0.39 is 5.97 Å². The SMILES string of the molecule is COc1ccc(Cc2nnc(SCc3cccc(C(=O)[O-])c3)o2)cc1OC. The Morgan fingerprint density at radius 3 is 2.63 bits per heavy atom. The van der Waals surface area contributed by atoms with Crippen molar-refractivity contribution < 1.29 is 23.8 Å². The molecule has 0 amide bonds. The third kappa shape index (κ3) is 4.79. The number of carboxylic acid groups (broad SMARTS) is 1. The summed E-state index contributed by atoms with van der Waals surface area (Å²) in [7, 11) is 3.17. The summed E-state index contributed by atoms with van der Waals surface area (Å²) in [6.07, 6.45) is 0.466. The maximum absolute atomic E-state index is 10.9. The number of hydrogen-bond acceptors (Lipinski definition) is 8. The molecule has 3 rings (SSSR count). The summed E-state index contributed by atoms with van der Waals surface area (Å²) in [5.74, 6) is 1.09. The van der Waals surface area contributed by atoms with E-state index in [1.165, 1.54) is 17.8 Å². The van der Waals surface area contributed by atoms with E-state index in [4.69, 9.17) is 13.9 Å². The predicted molar refractivity (Wildman–Crippen MR) is 97.0 cm³/mol. The third-order valence-corrected chi connectivity index (χ3v) is 4.67. The van der Waals surface area contributed by atoms with Crippen LogP contribution >= 0.6 is 11.8 Å². The maximum atomic E-state index is 10.9. The number of carboxylic acids is 1. The fourth-order valence-corrected chi connectivity index (χ4v) is 3.19. The first kappa shape index (κ1) is 18.8. The number of aromatic carboxylic acids is 1. The molecule has 0 bridgehead atoms. The third-order valence-electron chi connectivity index (χ3n) is 3.78. The van der Waals surface area contributed by atoms with Gasteiger partial charge >= 0.3 is 0 Å². The maximum Gasteiger partial charge on any atom is 0.276 e. The molecule has 0 saturated heterocycles. The van der Waals surface area contributed by atoms with Gasteiger partial charge in [-0.2, -0.15) is 0 Å². The molecule has 7 nitrogen and oxygen atoms in total. The molecule has 1 heterocycles. The van der Waals surface area contributed by atoms with E-state index in [0.29, 0.717) is 34.8 Å². The van der Waals surface area contributed by atoms with Gasteiger partial charge in [0, 0.05) is 5.75 Å². The minimum atomic E-state index is -1.20. The van der Waals surface area contributed by atoms with E-state index in [-0.39, 0.29) is 5.56 Å². The van der Waals surface area contributed by atoms with Crippen molar-refractivity contribution >= 4 is 17.7 Å². The second-order valence-electron chi connectivity index (χ2n) is 5.60. The average Bonchev–Trinajstić information content (AvgIpc) is 3.13. The van der Waals surface area contributed by atoms with Gasteiger partial charge in [-0.15, -0.1) is 10.2 Å². The van der Waals surface area contributed by atoms with E-state index in [0.717, 1.165) is 11.1 Å². The van der Waals surface area contributed by atoms with Gasteiger partial charge in [0.1, 0.15) is 0 Å². The molecule has 0 N–H and O–H groups in total. The Hall–Kier alpha value is -3.00. The van der Waals surface area contributed by atoms with Crippen LogP contribution in [-0.4, -0.2) is 30.4 Å². The lowest BCUT2D eigenvalue weighted by Gasteiger charge is -2.08. The minimum Gasteiger partial charge on any atom is -0.545 e. The zero-order valence-electron chi connectivity index (χ0n) is 14.8. The fraction of sp³-hybridized carbons (Fsp3) is 0.211. The van der Waals surface area contributed by atoms with Gasteiger partial charge in [-0.1, -0.05) is 36.0 Å². The van der Waals surface area contributed by atoms with Crippen LogP contribution in [0.15, 0.2) is 52.1 Å². The molecule has 0 aliphatic rings. The Kier molecular flexibility index (Phi) is 5.97. The molecular formula is C19H17N2O5S-. The number of carbonyl (C=O) groups excluding carboxylic acids is 1. The number of rotatable bonds is 8. The van der Waals surface area contributed by atoms with Crippen LogP contribution < -0.4 is 14.6 Å². The van der Waals surface area contributed by atoms with Crippen LogP contribution in [0.4, 0.5) is 0 Å². The molecule has 0 aliphatic carbocycles. The van der Waals surface area contributed by atoms with Gasteiger partial charge in [0.05, 0.1) is 26.6 Å². The number of benzene rings is 2. The van der Waals surface area contributed by atoms with Gasteiger partial charge in [0.2, 0.25) is 5.89 Å². The highest BCUT2D eigenvalue weighted by atomic mass is 32.2. The predicted octanol–water partition coefficient (Wildman–Crippen LogP) is 2.33.